The van der Waals surface area contributed by atoms with Gasteiger partial charge in [0.2, 0.25) is 0 Å². The standard InChI is InChI=1S/C8H11NO2S/c9-6(5-8(10)11)4-7-2-1-3-12-7/h1-3,6H,4-5,9H2,(H,10,11)/t6-/m1/s1. The Balaban J connectivity index is 2.36. The van der Waals surface area contributed by atoms with E-state index in [1.54, 1.807) is 11.3 Å². The highest BCUT2D eigenvalue weighted by Crippen LogP contribution is 2.10. The van der Waals surface area contributed by atoms with E-state index in [0.717, 1.165) is 6.42 Å². The van der Waals surface area contributed by atoms with E-state index in [1.807, 2.05) is 17.5 Å². The van der Waals surface area contributed by atoms with Crippen LogP contribution in [-0.2, 0) is 11.2 Å². The van der Waals surface area contributed by atoms with Crippen molar-refractivity contribution in [1.82, 2.24) is 0 Å². The molecule has 0 aliphatic carbocycles. The van der Waals surface area contributed by atoms with Gasteiger partial charge in [0, 0.05) is 23.7 Å². The highest BCUT2D eigenvalue weighted by atomic mass is 32.1. The first kappa shape index (κ1) is 9.22. The Bertz CT molecular complexity index is 246. The summed E-state index contributed by atoms with van der Waals surface area (Å²) in [6.45, 7) is 0. The molecular formula is C8H11NO2S. The van der Waals surface area contributed by atoms with Crippen LogP contribution in [0.25, 0.3) is 0 Å². The Hall–Kier alpha value is -0.870. The van der Waals surface area contributed by atoms with E-state index in [0.29, 0.717) is 0 Å². The third-order valence-electron chi connectivity index (χ3n) is 1.53. The van der Waals surface area contributed by atoms with E-state index >= 15 is 0 Å². The first-order valence-electron chi connectivity index (χ1n) is 3.74. The summed E-state index contributed by atoms with van der Waals surface area (Å²) in [7, 11) is 0. The molecular weight excluding hydrogens is 174 g/mol. The molecule has 1 rings (SSSR count). The normalized spacial score (nSPS) is 12.8. The Kier molecular flexibility index (Phi) is 3.25. The zero-order valence-electron chi connectivity index (χ0n) is 6.66. The molecule has 0 spiro atoms. The first-order chi connectivity index (χ1) is 5.68. The van der Waals surface area contributed by atoms with Crippen LogP contribution in [0.3, 0.4) is 0 Å². The molecule has 0 radical (unpaired) electrons. The van der Waals surface area contributed by atoms with E-state index in [4.69, 9.17) is 0 Å². The van der Waals surface area contributed by atoms with Gasteiger partial charge in [-0.1, -0.05) is 6.07 Å². The molecule has 66 valence electrons. The summed E-state index contributed by atoms with van der Waals surface area (Å²) in [5.74, 6) is -1.02. The van der Waals surface area contributed by atoms with Crippen LogP contribution in [0.4, 0.5) is 0 Å². The van der Waals surface area contributed by atoms with Crippen LogP contribution in [0.1, 0.15) is 11.3 Å². The van der Waals surface area contributed by atoms with Gasteiger partial charge >= 0.3 is 0 Å². The van der Waals surface area contributed by atoms with Crippen LogP contribution in [0.5, 0.6) is 0 Å². The lowest BCUT2D eigenvalue weighted by atomic mass is 10.1. The molecule has 4 heteroatoms. The van der Waals surface area contributed by atoms with Crippen molar-refractivity contribution in [3.05, 3.63) is 22.4 Å². The highest BCUT2D eigenvalue weighted by Gasteiger charge is 2.07. The minimum atomic E-state index is -1.02. The number of carbonyl (C=O) groups excluding carboxylic acids is 1. The quantitative estimate of drug-likeness (QED) is 0.656. The van der Waals surface area contributed by atoms with Gasteiger partial charge in [-0.15, -0.1) is 11.3 Å². The summed E-state index contributed by atoms with van der Waals surface area (Å²) in [6, 6.07) is 3.86. The largest absolute Gasteiger partial charge is 0.550 e. The van der Waals surface area contributed by atoms with Gasteiger partial charge < -0.3 is 15.6 Å². The van der Waals surface area contributed by atoms with Gasteiger partial charge in [0.1, 0.15) is 0 Å². The number of carboxylic acid groups (broad SMARTS) is 1. The fraction of sp³-hybridized carbons (Fsp3) is 0.375. The van der Waals surface area contributed by atoms with Crippen LogP contribution in [0.15, 0.2) is 17.5 Å². The van der Waals surface area contributed by atoms with E-state index in [1.165, 1.54) is 4.88 Å². The number of carboxylic acids is 1. The molecule has 0 aliphatic rings. The van der Waals surface area contributed by atoms with Crippen molar-refractivity contribution in [2.24, 2.45) is 0 Å². The predicted molar refractivity (Wildman–Crippen MR) is 44.3 cm³/mol. The number of aliphatic carboxylic acids is 1. The third kappa shape index (κ3) is 3.02. The fourth-order valence-corrected chi connectivity index (χ4v) is 1.84. The topological polar surface area (TPSA) is 67.8 Å². The van der Waals surface area contributed by atoms with E-state index in [2.05, 4.69) is 5.73 Å². The van der Waals surface area contributed by atoms with Crippen molar-refractivity contribution in [2.75, 3.05) is 0 Å². The predicted octanol–water partition coefficient (Wildman–Crippen LogP) is -0.959. The van der Waals surface area contributed by atoms with E-state index in [-0.39, 0.29) is 12.5 Å². The van der Waals surface area contributed by atoms with Gasteiger partial charge in [0.25, 0.3) is 0 Å². The van der Waals surface area contributed by atoms with Crippen LogP contribution < -0.4 is 10.8 Å². The second kappa shape index (κ2) is 4.23. The molecule has 0 aromatic carbocycles. The molecule has 0 saturated heterocycles. The molecule has 1 heterocycles. The zero-order valence-corrected chi connectivity index (χ0v) is 7.47. The van der Waals surface area contributed by atoms with Crippen LogP contribution in [-0.4, -0.2) is 12.0 Å². The van der Waals surface area contributed by atoms with Gasteiger partial charge in [-0.05, 0) is 11.4 Å². The molecule has 0 bridgehead atoms. The lowest BCUT2D eigenvalue weighted by Crippen LogP contribution is -2.63. The number of rotatable bonds is 4. The SMILES string of the molecule is [NH3+][C@@H](CC(=O)[O-])Cc1cccs1. The molecule has 3 N–H and O–H groups in total. The molecule has 1 aromatic rings. The highest BCUT2D eigenvalue weighted by molar-refractivity contribution is 7.09. The van der Waals surface area contributed by atoms with Gasteiger partial charge in [-0.25, -0.2) is 0 Å². The Morgan fingerprint density at radius 2 is 2.50 bits per heavy atom. The van der Waals surface area contributed by atoms with Crippen LogP contribution >= 0.6 is 11.3 Å². The van der Waals surface area contributed by atoms with Crippen molar-refractivity contribution < 1.29 is 15.6 Å². The molecule has 0 aliphatic heterocycles. The first-order valence-corrected chi connectivity index (χ1v) is 4.61. The van der Waals surface area contributed by atoms with Gasteiger partial charge in [0.05, 0.1) is 6.04 Å². The molecule has 0 amide bonds. The maximum absolute atomic E-state index is 10.2. The van der Waals surface area contributed by atoms with Gasteiger partial charge in [0.15, 0.2) is 0 Å². The zero-order chi connectivity index (χ0) is 8.97. The average Bonchev–Trinajstić information content (AvgIpc) is 2.37. The third-order valence-corrected chi connectivity index (χ3v) is 2.42. The minimum absolute atomic E-state index is 0.0396. The molecule has 0 unspecified atom stereocenters. The summed E-state index contributed by atoms with van der Waals surface area (Å²) >= 11 is 1.62. The summed E-state index contributed by atoms with van der Waals surface area (Å²) in [5, 5.41) is 12.2. The maximum Gasteiger partial charge on any atom is 0.0945 e. The van der Waals surface area contributed by atoms with Crippen LogP contribution in [0.2, 0.25) is 0 Å². The summed E-state index contributed by atoms with van der Waals surface area (Å²) in [6.07, 6.45) is 0.767. The fourth-order valence-electron chi connectivity index (χ4n) is 1.02. The minimum Gasteiger partial charge on any atom is -0.550 e. The van der Waals surface area contributed by atoms with Crippen molar-refractivity contribution in [3.63, 3.8) is 0 Å². The van der Waals surface area contributed by atoms with Gasteiger partial charge in [-0.2, -0.15) is 0 Å². The summed E-state index contributed by atoms with van der Waals surface area (Å²) in [4.78, 5) is 11.4. The van der Waals surface area contributed by atoms with E-state index in [9.17, 15) is 9.90 Å². The molecule has 1 atom stereocenters. The van der Waals surface area contributed by atoms with Crippen molar-refractivity contribution in [3.8, 4) is 0 Å². The molecule has 3 nitrogen and oxygen atoms in total. The van der Waals surface area contributed by atoms with E-state index < -0.39 is 5.97 Å². The van der Waals surface area contributed by atoms with Gasteiger partial charge in [-0.3, -0.25) is 0 Å². The molecule has 0 fully saturated rings. The maximum atomic E-state index is 10.2. The second-order valence-electron chi connectivity index (χ2n) is 2.73. The smallest absolute Gasteiger partial charge is 0.0945 e. The van der Waals surface area contributed by atoms with Crippen LogP contribution in [0, 0.1) is 0 Å². The Morgan fingerprint density at radius 1 is 1.75 bits per heavy atom. The lowest BCUT2D eigenvalue weighted by Gasteiger charge is -2.06. The summed E-state index contributed by atoms with van der Waals surface area (Å²) in [5.41, 5.74) is 3.74. The van der Waals surface area contributed by atoms with Crippen molar-refractivity contribution in [1.29, 1.82) is 0 Å². The molecule has 1 aromatic heterocycles. The average molecular weight is 185 g/mol. The Labute approximate surface area is 74.8 Å². The Morgan fingerprint density at radius 3 is 3.00 bits per heavy atom. The monoisotopic (exact) mass is 185 g/mol. The number of quaternary nitrogens is 1. The number of hydrogen-bond acceptors (Lipinski definition) is 3. The van der Waals surface area contributed by atoms with Crippen molar-refractivity contribution in [2.45, 2.75) is 18.9 Å². The van der Waals surface area contributed by atoms with Crippen molar-refractivity contribution >= 4 is 17.3 Å². The second-order valence-corrected chi connectivity index (χ2v) is 3.76. The number of carbonyl (C=O) groups is 1. The number of thiophene rings is 1. The molecule has 0 saturated carbocycles. The summed E-state index contributed by atoms with van der Waals surface area (Å²) < 4.78 is 0. The number of hydrogen-bond donors (Lipinski definition) is 1. The lowest BCUT2D eigenvalue weighted by molar-refractivity contribution is -0.423. The molecule has 12 heavy (non-hydrogen) atoms.